The Bertz CT molecular complexity index is 514. The molecule has 6 heteroatoms. The Morgan fingerprint density at radius 1 is 1.17 bits per heavy atom. The topological polar surface area (TPSA) is 75.9 Å². The molecular formula is C12H14FN5. The van der Waals surface area contributed by atoms with E-state index in [9.17, 15) is 4.39 Å². The van der Waals surface area contributed by atoms with Gasteiger partial charge in [-0.3, -0.25) is 0 Å². The van der Waals surface area contributed by atoms with Gasteiger partial charge in [-0.05, 0) is 24.6 Å². The lowest BCUT2D eigenvalue weighted by molar-refractivity contribution is 0.626. The van der Waals surface area contributed by atoms with E-state index in [1.807, 2.05) is 6.92 Å². The number of nitrogen functional groups attached to an aromatic ring is 1. The number of nitrogens with two attached hydrogens (primary N) is 1. The maximum absolute atomic E-state index is 12.8. The third-order valence-corrected chi connectivity index (χ3v) is 2.55. The van der Waals surface area contributed by atoms with Crippen LogP contribution >= 0.6 is 0 Å². The zero-order valence-electron chi connectivity index (χ0n) is 9.89. The van der Waals surface area contributed by atoms with Crippen LogP contribution in [0.4, 0.5) is 16.0 Å². The van der Waals surface area contributed by atoms with E-state index < -0.39 is 0 Å². The molecule has 0 aliphatic rings. The minimum Gasteiger partial charge on any atom is -0.363 e. The molecular weight excluding hydrogens is 233 g/mol. The lowest BCUT2D eigenvalue weighted by Gasteiger charge is -2.15. The Morgan fingerprint density at radius 2 is 1.83 bits per heavy atom. The van der Waals surface area contributed by atoms with Gasteiger partial charge in [-0.1, -0.05) is 12.1 Å². The number of aromatic nitrogens is 2. The van der Waals surface area contributed by atoms with Crippen LogP contribution in [0.3, 0.4) is 0 Å². The molecule has 0 spiro atoms. The molecule has 0 saturated carbocycles. The van der Waals surface area contributed by atoms with E-state index in [2.05, 4.69) is 20.7 Å². The molecule has 2 rings (SSSR count). The highest BCUT2D eigenvalue weighted by atomic mass is 19.1. The van der Waals surface area contributed by atoms with Gasteiger partial charge in [-0.2, -0.15) is 0 Å². The normalized spacial score (nSPS) is 11.9. The average Bonchev–Trinajstić information content (AvgIpc) is 2.39. The number of benzene rings is 1. The van der Waals surface area contributed by atoms with Crippen LogP contribution in [0.5, 0.6) is 0 Å². The van der Waals surface area contributed by atoms with Gasteiger partial charge in [0.1, 0.15) is 23.8 Å². The van der Waals surface area contributed by atoms with Crippen LogP contribution in [0.2, 0.25) is 0 Å². The quantitative estimate of drug-likeness (QED) is 0.569. The Morgan fingerprint density at radius 3 is 2.50 bits per heavy atom. The molecule has 0 saturated heterocycles. The number of anilines is 2. The lowest BCUT2D eigenvalue weighted by atomic mass is 10.1. The van der Waals surface area contributed by atoms with Crippen molar-refractivity contribution in [3.05, 3.63) is 48.0 Å². The maximum atomic E-state index is 12.8. The van der Waals surface area contributed by atoms with E-state index in [0.717, 1.165) is 5.56 Å². The largest absolute Gasteiger partial charge is 0.363 e. The third-order valence-electron chi connectivity index (χ3n) is 2.55. The summed E-state index contributed by atoms with van der Waals surface area (Å²) in [4.78, 5) is 7.99. The molecule has 4 N–H and O–H groups in total. The van der Waals surface area contributed by atoms with Crippen molar-refractivity contribution in [1.29, 1.82) is 0 Å². The summed E-state index contributed by atoms with van der Waals surface area (Å²) in [6.45, 7) is 1.96. The van der Waals surface area contributed by atoms with Gasteiger partial charge in [0.25, 0.3) is 0 Å². The summed E-state index contributed by atoms with van der Waals surface area (Å²) < 4.78 is 12.8. The third kappa shape index (κ3) is 2.92. The number of halogens is 1. The molecule has 0 radical (unpaired) electrons. The van der Waals surface area contributed by atoms with E-state index in [1.54, 1.807) is 18.2 Å². The second kappa shape index (κ2) is 5.42. The summed E-state index contributed by atoms with van der Waals surface area (Å²) in [6, 6.07) is 8.03. The molecule has 1 unspecified atom stereocenters. The summed E-state index contributed by atoms with van der Waals surface area (Å²) in [7, 11) is 0. The zero-order valence-corrected chi connectivity index (χ0v) is 9.89. The minimum atomic E-state index is -0.248. The van der Waals surface area contributed by atoms with Crippen LogP contribution in [0.1, 0.15) is 18.5 Å². The predicted octanol–water partition coefficient (Wildman–Crippen LogP) is 2.07. The first-order valence-corrected chi connectivity index (χ1v) is 5.49. The fourth-order valence-electron chi connectivity index (χ4n) is 1.57. The van der Waals surface area contributed by atoms with E-state index in [0.29, 0.717) is 11.6 Å². The van der Waals surface area contributed by atoms with Crippen LogP contribution in [0, 0.1) is 5.82 Å². The van der Waals surface area contributed by atoms with E-state index in [4.69, 9.17) is 5.84 Å². The molecule has 18 heavy (non-hydrogen) atoms. The van der Waals surface area contributed by atoms with Crippen molar-refractivity contribution in [2.45, 2.75) is 13.0 Å². The second-order valence-corrected chi connectivity index (χ2v) is 3.85. The molecule has 1 aromatic carbocycles. The first-order chi connectivity index (χ1) is 8.69. The second-order valence-electron chi connectivity index (χ2n) is 3.85. The van der Waals surface area contributed by atoms with Crippen molar-refractivity contribution in [2.75, 3.05) is 10.7 Å². The van der Waals surface area contributed by atoms with Crippen molar-refractivity contribution in [2.24, 2.45) is 5.84 Å². The Balaban J connectivity index is 2.10. The average molecular weight is 247 g/mol. The van der Waals surface area contributed by atoms with Gasteiger partial charge in [0.2, 0.25) is 0 Å². The standard InChI is InChI=1S/C12H14FN5/c1-8(9-2-4-10(13)5-3-9)17-11-6-12(18-14)16-7-15-11/h2-8H,14H2,1H3,(H2,15,16,17,18). The first kappa shape index (κ1) is 12.3. The van der Waals surface area contributed by atoms with Crippen molar-refractivity contribution < 1.29 is 4.39 Å². The highest BCUT2D eigenvalue weighted by Gasteiger charge is 2.06. The van der Waals surface area contributed by atoms with Crippen molar-refractivity contribution in [3.63, 3.8) is 0 Å². The fourth-order valence-corrected chi connectivity index (χ4v) is 1.57. The molecule has 94 valence electrons. The van der Waals surface area contributed by atoms with Crippen LogP contribution in [0.15, 0.2) is 36.7 Å². The summed E-state index contributed by atoms with van der Waals surface area (Å²) in [6.07, 6.45) is 1.41. The van der Waals surface area contributed by atoms with Gasteiger partial charge in [-0.25, -0.2) is 20.2 Å². The molecule has 1 atom stereocenters. The highest BCUT2D eigenvalue weighted by molar-refractivity contribution is 5.47. The molecule has 0 aliphatic carbocycles. The fraction of sp³-hybridized carbons (Fsp3) is 0.167. The van der Waals surface area contributed by atoms with Gasteiger partial charge < -0.3 is 10.7 Å². The number of nitrogens with one attached hydrogen (secondary N) is 2. The number of hydrogen-bond donors (Lipinski definition) is 3. The monoisotopic (exact) mass is 247 g/mol. The van der Waals surface area contributed by atoms with Crippen LogP contribution in [-0.2, 0) is 0 Å². The number of rotatable bonds is 4. The van der Waals surface area contributed by atoms with Crippen LogP contribution in [0.25, 0.3) is 0 Å². The Labute approximate surface area is 104 Å². The van der Waals surface area contributed by atoms with Gasteiger partial charge in [0.05, 0.1) is 0 Å². The van der Waals surface area contributed by atoms with Crippen LogP contribution < -0.4 is 16.6 Å². The van der Waals surface area contributed by atoms with E-state index in [1.165, 1.54) is 18.5 Å². The van der Waals surface area contributed by atoms with E-state index >= 15 is 0 Å². The molecule has 0 fully saturated rings. The minimum absolute atomic E-state index is 0.00567. The molecule has 5 nitrogen and oxygen atoms in total. The SMILES string of the molecule is CC(Nc1cc(NN)ncn1)c1ccc(F)cc1. The Hall–Kier alpha value is -2.21. The lowest BCUT2D eigenvalue weighted by Crippen LogP contribution is -2.11. The maximum Gasteiger partial charge on any atom is 0.145 e. The molecule has 1 aromatic heterocycles. The molecule has 0 bridgehead atoms. The summed E-state index contributed by atoms with van der Waals surface area (Å²) in [5.74, 6) is 6.19. The number of nitrogens with zero attached hydrogens (tertiary/aromatic N) is 2. The molecule has 1 heterocycles. The number of hydrogen-bond acceptors (Lipinski definition) is 5. The van der Waals surface area contributed by atoms with Gasteiger partial charge in [0.15, 0.2) is 0 Å². The van der Waals surface area contributed by atoms with E-state index in [-0.39, 0.29) is 11.9 Å². The van der Waals surface area contributed by atoms with Gasteiger partial charge in [-0.15, -0.1) is 0 Å². The smallest absolute Gasteiger partial charge is 0.145 e. The zero-order chi connectivity index (χ0) is 13.0. The van der Waals surface area contributed by atoms with Crippen molar-refractivity contribution in [3.8, 4) is 0 Å². The molecule has 0 amide bonds. The van der Waals surface area contributed by atoms with Crippen molar-refractivity contribution in [1.82, 2.24) is 9.97 Å². The molecule has 2 aromatic rings. The van der Waals surface area contributed by atoms with Gasteiger partial charge >= 0.3 is 0 Å². The van der Waals surface area contributed by atoms with Crippen molar-refractivity contribution >= 4 is 11.6 Å². The Kier molecular flexibility index (Phi) is 3.69. The summed E-state index contributed by atoms with van der Waals surface area (Å²) >= 11 is 0. The number of hydrazine groups is 1. The predicted molar refractivity (Wildman–Crippen MR) is 68.3 cm³/mol. The molecule has 0 aliphatic heterocycles. The highest BCUT2D eigenvalue weighted by Crippen LogP contribution is 2.18. The van der Waals surface area contributed by atoms with Crippen LogP contribution in [-0.4, -0.2) is 9.97 Å². The first-order valence-electron chi connectivity index (χ1n) is 5.49. The summed E-state index contributed by atoms with van der Waals surface area (Å²) in [5.41, 5.74) is 3.42. The van der Waals surface area contributed by atoms with Gasteiger partial charge in [0, 0.05) is 12.1 Å². The summed E-state index contributed by atoms with van der Waals surface area (Å²) in [5, 5.41) is 3.18.